The summed E-state index contributed by atoms with van der Waals surface area (Å²) in [6.07, 6.45) is 0.0636. The topological polar surface area (TPSA) is 83.1 Å². The van der Waals surface area contributed by atoms with Crippen LogP contribution in [-0.2, 0) is 11.2 Å². The van der Waals surface area contributed by atoms with Crippen molar-refractivity contribution in [2.75, 3.05) is 40.3 Å². The zero-order chi connectivity index (χ0) is 18.5. The number of nitrogens with one attached hydrogen (secondary N) is 2. The van der Waals surface area contributed by atoms with Crippen molar-refractivity contribution in [2.45, 2.75) is 31.1 Å². The van der Waals surface area contributed by atoms with Gasteiger partial charge in [0.2, 0.25) is 0 Å². The molecule has 144 valence electrons. The van der Waals surface area contributed by atoms with E-state index >= 15 is 0 Å². The maximum atomic E-state index is 12.2. The van der Waals surface area contributed by atoms with Crippen molar-refractivity contribution in [2.24, 2.45) is 5.92 Å². The number of methoxy groups -OCH3 is 1. The second-order valence-corrected chi connectivity index (χ2v) is 7.30. The van der Waals surface area contributed by atoms with Gasteiger partial charge in [0.15, 0.2) is 0 Å². The first-order chi connectivity index (χ1) is 12.5. The van der Waals surface area contributed by atoms with Gasteiger partial charge in [0.05, 0.1) is 13.2 Å². The minimum absolute atomic E-state index is 0.109. The number of carbonyl (C=O) groups is 1. The molecular weight excluding hydrogens is 334 g/mol. The van der Waals surface area contributed by atoms with Crippen LogP contribution < -0.4 is 15.4 Å². The molecule has 1 aromatic rings. The molecule has 0 bridgehead atoms. The number of aliphatic hydroxyl groups excluding tert-OH is 1. The van der Waals surface area contributed by atoms with E-state index in [0.717, 1.165) is 30.8 Å². The molecule has 3 rings (SSSR count). The number of benzene rings is 1. The number of carbonyl (C=O) groups excluding carboxylic acids is 1. The van der Waals surface area contributed by atoms with Crippen LogP contribution in [-0.4, -0.2) is 74.7 Å². The Morgan fingerprint density at radius 2 is 2.15 bits per heavy atom. The maximum Gasteiger partial charge on any atom is 0.407 e. The highest BCUT2D eigenvalue weighted by molar-refractivity contribution is 5.67. The van der Waals surface area contributed by atoms with Gasteiger partial charge < -0.3 is 30.1 Å². The van der Waals surface area contributed by atoms with Crippen molar-refractivity contribution in [3.63, 3.8) is 0 Å². The Morgan fingerprint density at radius 1 is 1.38 bits per heavy atom. The van der Waals surface area contributed by atoms with E-state index in [4.69, 9.17) is 9.47 Å². The maximum absolute atomic E-state index is 12.2. The van der Waals surface area contributed by atoms with Gasteiger partial charge in [-0.2, -0.15) is 0 Å². The fourth-order valence-electron chi connectivity index (χ4n) is 3.72. The number of nitrogens with zero attached hydrogens (tertiary/aromatic N) is 1. The molecule has 4 atom stereocenters. The second-order valence-electron chi connectivity index (χ2n) is 7.30. The summed E-state index contributed by atoms with van der Waals surface area (Å²) in [4.78, 5) is 14.4. The van der Waals surface area contributed by atoms with Gasteiger partial charge in [0.1, 0.15) is 18.0 Å². The lowest BCUT2D eigenvalue weighted by atomic mass is 10.0. The zero-order valence-electron chi connectivity index (χ0n) is 15.5. The summed E-state index contributed by atoms with van der Waals surface area (Å²) in [5, 5.41) is 16.3. The van der Waals surface area contributed by atoms with Gasteiger partial charge in [-0.1, -0.05) is 12.1 Å². The summed E-state index contributed by atoms with van der Waals surface area (Å²) in [7, 11) is 3.72. The molecule has 0 aromatic heterocycles. The zero-order valence-corrected chi connectivity index (χ0v) is 15.5. The van der Waals surface area contributed by atoms with Crippen LogP contribution in [0.1, 0.15) is 12.0 Å². The molecule has 0 aliphatic carbocycles. The minimum atomic E-state index is -0.693. The molecule has 2 aliphatic rings. The highest BCUT2D eigenvalue weighted by Gasteiger charge is 2.37. The Hall–Kier alpha value is -1.83. The van der Waals surface area contributed by atoms with Crippen LogP contribution >= 0.6 is 0 Å². The van der Waals surface area contributed by atoms with Gasteiger partial charge in [0, 0.05) is 19.6 Å². The molecule has 1 amide bonds. The van der Waals surface area contributed by atoms with Crippen LogP contribution in [0.3, 0.4) is 0 Å². The number of ether oxygens (including phenoxy) is 2. The van der Waals surface area contributed by atoms with Gasteiger partial charge in [-0.15, -0.1) is 0 Å². The quantitative estimate of drug-likeness (QED) is 0.687. The molecule has 1 aromatic carbocycles. The lowest BCUT2D eigenvalue weighted by Crippen LogP contribution is -2.42. The molecule has 3 unspecified atom stereocenters. The number of likely N-dealkylation sites (tertiary alicyclic amines) is 1. The third kappa shape index (κ3) is 4.87. The molecule has 26 heavy (non-hydrogen) atoms. The van der Waals surface area contributed by atoms with Crippen LogP contribution in [0.2, 0.25) is 0 Å². The van der Waals surface area contributed by atoms with Crippen molar-refractivity contribution < 1.29 is 19.4 Å². The van der Waals surface area contributed by atoms with E-state index in [1.54, 1.807) is 7.11 Å². The minimum Gasteiger partial charge on any atom is -0.497 e. The Labute approximate surface area is 154 Å². The van der Waals surface area contributed by atoms with Crippen molar-refractivity contribution in [3.8, 4) is 5.75 Å². The average molecular weight is 363 g/mol. The lowest BCUT2D eigenvalue weighted by molar-refractivity contribution is 0.0186. The van der Waals surface area contributed by atoms with E-state index in [1.807, 2.05) is 24.3 Å². The van der Waals surface area contributed by atoms with Gasteiger partial charge in [0.25, 0.3) is 0 Å². The molecule has 3 N–H and O–H groups in total. The summed E-state index contributed by atoms with van der Waals surface area (Å²) in [6, 6.07) is 7.67. The monoisotopic (exact) mass is 363 g/mol. The number of hydrogen-bond acceptors (Lipinski definition) is 6. The molecule has 0 saturated carbocycles. The van der Waals surface area contributed by atoms with Crippen LogP contribution in [0.15, 0.2) is 24.3 Å². The number of aliphatic hydroxyl groups is 1. The van der Waals surface area contributed by atoms with Gasteiger partial charge in [-0.05, 0) is 50.0 Å². The fraction of sp³-hybridized carbons (Fsp3) is 0.632. The fourth-order valence-corrected chi connectivity index (χ4v) is 3.72. The van der Waals surface area contributed by atoms with E-state index in [-0.39, 0.29) is 6.04 Å². The summed E-state index contributed by atoms with van der Waals surface area (Å²) in [5.74, 6) is 1.27. The Kier molecular flexibility index (Phi) is 6.34. The smallest absolute Gasteiger partial charge is 0.407 e. The SMILES string of the molecule is COc1ccc(CC2NCC(O)C2OC(=O)NC[C@H]2CCN(C)C2)cc1. The third-order valence-electron chi connectivity index (χ3n) is 5.25. The summed E-state index contributed by atoms with van der Waals surface area (Å²) in [5.41, 5.74) is 1.10. The number of alkyl carbamates (subject to hydrolysis) is 1. The molecule has 7 nitrogen and oxygen atoms in total. The first kappa shape index (κ1) is 18.9. The van der Waals surface area contributed by atoms with Crippen LogP contribution in [0.5, 0.6) is 5.75 Å². The molecular formula is C19H29N3O4. The van der Waals surface area contributed by atoms with Crippen molar-refractivity contribution in [1.29, 1.82) is 0 Å². The summed E-state index contributed by atoms with van der Waals surface area (Å²) < 4.78 is 10.7. The van der Waals surface area contributed by atoms with Crippen LogP contribution in [0, 0.1) is 5.92 Å². The van der Waals surface area contributed by atoms with E-state index in [2.05, 4.69) is 22.6 Å². The van der Waals surface area contributed by atoms with E-state index < -0.39 is 18.3 Å². The lowest BCUT2D eigenvalue weighted by Gasteiger charge is -2.22. The van der Waals surface area contributed by atoms with Crippen LogP contribution in [0.4, 0.5) is 4.79 Å². The highest BCUT2D eigenvalue weighted by Crippen LogP contribution is 2.19. The van der Waals surface area contributed by atoms with Crippen molar-refractivity contribution in [3.05, 3.63) is 29.8 Å². The Balaban J connectivity index is 1.50. The second kappa shape index (κ2) is 8.70. The standard InChI is InChI=1S/C19H29N3O4/c1-22-8-7-14(12-22)10-21-19(24)26-18-16(20-11-17(18)23)9-13-3-5-15(25-2)6-4-13/h3-6,14,16-18,20,23H,7-12H2,1-2H3,(H,21,24)/t14-,16?,17?,18?/m1/s1. The van der Waals surface area contributed by atoms with Gasteiger partial charge >= 0.3 is 6.09 Å². The summed E-state index contributed by atoms with van der Waals surface area (Å²) >= 11 is 0. The van der Waals surface area contributed by atoms with Crippen molar-refractivity contribution >= 4 is 6.09 Å². The first-order valence-corrected chi connectivity index (χ1v) is 9.22. The number of amides is 1. The molecule has 2 saturated heterocycles. The largest absolute Gasteiger partial charge is 0.497 e. The van der Waals surface area contributed by atoms with Gasteiger partial charge in [-0.25, -0.2) is 4.79 Å². The Morgan fingerprint density at radius 3 is 2.81 bits per heavy atom. The molecule has 0 radical (unpaired) electrons. The molecule has 7 heteroatoms. The van der Waals surface area contributed by atoms with Gasteiger partial charge in [-0.3, -0.25) is 0 Å². The Bertz CT molecular complexity index is 595. The van der Waals surface area contributed by atoms with E-state index in [0.29, 0.717) is 25.4 Å². The molecule has 2 aliphatic heterocycles. The predicted molar refractivity (Wildman–Crippen MR) is 98.4 cm³/mol. The number of hydrogen-bond donors (Lipinski definition) is 3. The number of β-amino-alcohol motifs (C(OH)–C–C–N with tert-alkyl or cyclic N) is 1. The number of rotatable bonds is 6. The molecule has 2 heterocycles. The van der Waals surface area contributed by atoms with E-state index in [1.165, 1.54) is 0 Å². The summed E-state index contributed by atoms with van der Waals surface area (Å²) in [6.45, 7) is 3.10. The van der Waals surface area contributed by atoms with Crippen molar-refractivity contribution in [1.82, 2.24) is 15.5 Å². The predicted octanol–water partition coefficient (Wildman–Crippen LogP) is 0.617. The normalized spacial score (nSPS) is 28.9. The third-order valence-corrected chi connectivity index (χ3v) is 5.25. The average Bonchev–Trinajstić information content (AvgIpc) is 3.21. The van der Waals surface area contributed by atoms with E-state index in [9.17, 15) is 9.90 Å². The first-order valence-electron chi connectivity index (χ1n) is 9.22. The molecule has 0 spiro atoms. The molecule has 2 fully saturated rings. The highest BCUT2D eigenvalue weighted by atomic mass is 16.6. The van der Waals surface area contributed by atoms with Crippen LogP contribution in [0.25, 0.3) is 0 Å².